The largest absolute Gasteiger partial charge is 0.368 e. The summed E-state index contributed by atoms with van der Waals surface area (Å²) in [5.74, 6) is -2.32. The molecule has 0 bridgehead atoms. The number of nitrogens with two attached hydrogens (primary N) is 1. The van der Waals surface area contributed by atoms with Gasteiger partial charge >= 0.3 is 0 Å². The van der Waals surface area contributed by atoms with Crippen LogP contribution in [-0.2, 0) is 27.2 Å². The highest BCUT2D eigenvalue weighted by Gasteiger charge is 2.26. The Morgan fingerprint density at radius 1 is 0.935 bits per heavy atom. The molecule has 1 heterocycles. The maximum absolute atomic E-state index is 14.0. The van der Waals surface area contributed by atoms with Crippen LogP contribution in [0.1, 0.15) is 18.2 Å². The Hall–Kier alpha value is -3.81. The molecular formula is C23H23FN4O3. The van der Waals surface area contributed by atoms with Crippen molar-refractivity contribution in [1.82, 2.24) is 15.6 Å². The van der Waals surface area contributed by atoms with Crippen LogP contribution in [0.4, 0.5) is 4.39 Å². The highest BCUT2D eigenvalue weighted by molar-refractivity contribution is 5.91. The Morgan fingerprint density at radius 2 is 1.65 bits per heavy atom. The number of nitrogens with zero attached hydrogens (tertiary/aromatic N) is 1. The third-order valence-electron chi connectivity index (χ3n) is 4.81. The fraction of sp³-hybridized carbons (Fsp3) is 0.217. The van der Waals surface area contributed by atoms with E-state index in [1.807, 2.05) is 30.3 Å². The molecule has 31 heavy (non-hydrogen) atoms. The molecule has 0 aliphatic heterocycles. The molecule has 0 unspecified atom stereocenters. The molecule has 7 nitrogen and oxygen atoms in total. The number of hydrogen-bond acceptors (Lipinski definition) is 4. The zero-order valence-corrected chi connectivity index (χ0v) is 17.0. The Balaban J connectivity index is 1.76. The van der Waals surface area contributed by atoms with Crippen LogP contribution in [0, 0.1) is 5.82 Å². The summed E-state index contributed by atoms with van der Waals surface area (Å²) in [4.78, 5) is 40.9. The Bertz CT molecular complexity index is 1120. The molecule has 0 spiro atoms. The van der Waals surface area contributed by atoms with Crippen LogP contribution >= 0.6 is 0 Å². The number of benzene rings is 2. The van der Waals surface area contributed by atoms with Gasteiger partial charge in [-0.3, -0.25) is 19.4 Å². The van der Waals surface area contributed by atoms with Crippen molar-refractivity contribution in [3.05, 3.63) is 77.7 Å². The number of primary amides is 1. The summed E-state index contributed by atoms with van der Waals surface area (Å²) in [5, 5.41) is 6.02. The zero-order chi connectivity index (χ0) is 22.4. The smallest absolute Gasteiger partial charge is 0.243 e. The van der Waals surface area contributed by atoms with Gasteiger partial charge in [0.05, 0.1) is 5.52 Å². The first-order valence-corrected chi connectivity index (χ1v) is 9.78. The molecule has 2 atom stereocenters. The summed E-state index contributed by atoms with van der Waals surface area (Å²) in [7, 11) is 0. The second-order valence-corrected chi connectivity index (χ2v) is 7.21. The number of carbonyl (C=O) groups is 3. The van der Waals surface area contributed by atoms with E-state index in [0.717, 1.165) is 10.9 Å². The number of fused-ring (bicyclic) bond motifs is 1. The molecule has 3 amide bonds. The number of halogens is 1. The van der Waals surface area contributed by atoms with E-state index in [1.54, 1.807) is 12.1 Å². The van der Waals surface area contributed by atoms with Gasteiger partial charge < -0.3 is 16.4 Å². The molecule has 3 aromatic rings. The van der Waals surface area contributed by atoms with Crippen molar-refractivity contribution in [2.75, 3.05) is 0 Å². The third kappa shape index (κ3) is 5.85. The Morgan fingerprint density at radius 3 is 2.35 bits per heavy atom. The van der Waals surface area contributed by atoms with Gasteiger partial charge in [-0.2, -0.15) is 0 Å². The first-order chi connectivity index (χ1) is 14.8. The predicted octanol–water partition coefficient (Wildman–Crippen LogP) is 1.63. The summed E-state index contributed by atoms with van der Waals surface area (Å²) in [6.07, 6.45) is 0.0101. The second-order valence-electron chi connectivity index (χ2n) is 7.21. The summed E-state index contributed by atoms with van der Waals surface area (Å²) in [5.41, 5.74) is 7.09. The van der Waals surface area contributed by atoms with Gasteiger partial charge in [0, 0.05) is 30.8 Å². The second kappa shape index (κ2) is 9.80. The SMILES string of the molecule is CC(=O)N[C@H](Cc1ccccc1F)C(=O)N[C@H](Cc1ccc2ccccc2n1)C(N)=O. The molecule has 0 saturated heterocycles. The highest BCUT2D eigenvalue weighted by atomic mass is 19.1. The topological polar surface area (TPSA) is 114 Å². The normalized spacial score (nSPS) is 12.7. The summed E-state index contributed by atoms with van der Waals surface area (Å²) in [6, 6.07) is 15.0. The molecule has 3 rings (SSSR count). The molecule has 8 heteroatoms. The summed E-state index contributed by atoms with van der Waals surface area (Å²) >= 11 is 0. The van der Waals surface area contributed by atoms with Crippen molar-refractivity contribution >= 4 is 28.6 Å². The third-order valence-corrected chi connectivity index (χ3v) is 4.81. The average Bonchev–Trinajstić information content (AvgIpc) is 2.73. The quantitative estimate of drug-likeness (QED) is 0.512. The number of hydrogen-bond donors (Lipinski definition) is 3. The van der Waals surface area contributed by atoms with E-state index in [0.29, 0.717) is 5.69 Å². The van der Waals surface area contributed by atoms with Crippen molar-refractivity contribution < 1.29 is 18.8 Å². The van der Waals surface area contributed by atoms with Crippen LogP contribution in [0.15, 0.2) is 60.7 Å². The molecule has 0 aliphatic rings. The van der Waals surface area contributed by atoms with E-state index >= 15 is 0 Å². The first kappa shape index (κ1) is 21.9. The minimum Gasteiger partial charge on any atom is -0.368 e. The van der Waals surface area contributed by atoms with Crippen LogP contribution in [-0.4, -0.2) is 34.8 Å². The van der Waals surface area contributed by atoms with Crippen LogP contribution in [0.2, 0.25) is 0 Å². The van der Waals surface area contributed by atoms with E-state index in [4.69, 9.17) is 5.73 Å². The van der Waals surface area contributed by atoms with Gasteiger partial charge in [0.1, 0.15) is 17.9 Å². The van der Waals surface area contributed by atoms with Crippen LogP contribution < -0.4 is 16.4 Å². The standard InChI is InChI=1S/C23H23FN4O3/c1-14(29)26-21(12-16-7-2-4-8-18(16)24)23(31)28-20(22(25)30)13-17-11-10-15-6-3-5-9-19(15)27-17/h2-11,20-21H,12-13H2,1H3,(H2,25,30)(H,26,29)(H,28,31)/t20-,21-/m1/s1. The summed E-state index contributed by atoms with van der Waals surface area (Å²) < 4.78 is 14.0. The molecule has 2 aromatic carbocycles. The van der Waals surface area contributed by atoms with Crippen molar-refractivity contribution in [3.8, 4) is 0 Å². The van der Waals surface area contributed by atoms with Gasteiger partial charge in [-0.25, -0.2) is 4.39 Å². The van der Waals surface area contributed by atoms with Crippen LogP contribution in [0.3, 0.4) is 0 Å². The van der Waals surface area contributed by atoms with Gasteiger partial charge in [0.25, 0.3) is 0 Å². The van der Waals surface area contributed by atoms with Crippen LogP contribution in [0.5, 0.6) is 0 Å². The molecule has 4 N–H and O–H groups in total. The van der Waals surface area contributed by atoms with Gasteiger partial charge in [0.2, 0.25) is 17.7 Å². The molecular weight excluding hydrogens is 399 g/mol. The van der Waals surface area contributed by atoms with E-state index in [2.05, 4.69) is 15.6 Å². The lowest BCUT2D eigenvalue weighted by atomic mass is 10.0. The van der Waals surface area contributed by atoms with Crippen molar-refractivity contribution in [3.63, 3.8) is 0 Å². The highest BCUT2D eigenvalue weighted by Crippen LogP contribution is 2.13. The lowest BCUT2D eigenvalue weighted by molar-refractivity contribution is -0.130. The molecule has 0 saturated carbocycles. The molecule has 160 valence electrons. The van der Waals surface area contributed by atoms with E-state index in [9.17, 15) is 18.8 Å². The Kier molecular flexibility index (Phi) is 6.92. The predicted molar refractivity (Wildman–Crippen MR) is 114 cm³/mol. The summed E-state index contributed by atoms with van der Waals surface area (Å²) in [6.45, 7) is 1.26. The fourth-order valence-electron chi connectivity index (χ4n) is 3.26. The van der Waals surface area contributed by atoms with Gasteiger partial charge in [-0.1, -0.05) is 42.5 Å². The Labute approximate surface area is 178 Å². The van der Waals surface area contributed by atoms with E-state index in [-0.39, 0.29) is 18.4 Å². The van der Waals surface area contributed by atoms with E-state index in [1.165, 1.54) is 25.1 Å². The van der Waals surface area contributed by atoms with Crippen LogP contribution in [0.25, 0.3) is 10.9 Å². The van der Waals surface area contributed by atoms with Crippen molar-refractivity contribution in [1.29, 1.82) is 0 Å². The molecule has 0 fully saturated rings. The van der Waals surface area contributed by atoms with E-state index < -0.39 is 35.6 Å². The lowest BCUT2D eigenvalue weighted by Gasteiger charge is -2.22. The van der Waals surface area contributed by atoms with Crippen molar-refractivity contribution in [2.24, 2.45) is 5.73 Å². The molecule has 0 radical (unpaired) electrons. The fourth-order valence-corrected chi connectivity index (χ4v) is 3.26. The van der Waals surface area contributed by atoms with Gasteiger partial charge in [-0.05, 0) is 23.8 Å². The number of rotatable bonds is 8. The number of pyridine rings is 1. The minimum absolute atomic E-state index is 0.0716. The number of aromatic nitrogens is 1. The van der Waals surface area contributed by atoms with Crippen molar-refractivity contribution in [2.45, 2.75) is 31.8 Å². The van der Waals surface area contributed by atoms with Gasteiger partial charge in [0.15, 0.2) is 0 Å². The maximum Gasteiger partial charge on any atom is 0.243 e. The maximum atomic E-state index is 14.0. The number of amides is 3. The minimum atomic E-state index is -1.07. The number of para-hydroxylation sites is 1. The zero-order valence-electron chi connectivity index (χ0n) is 17.0. The number of carbonyl (C=O) groups excluding carboxylic acids is 3. The lowest BCUT2D eigenvalue weighted by Crippen LogP contribution is -2.54. The monoisotopic (exact) mass is 422 g/mol. The number of nitrogens with one attached hydrogen (secondary N) is 2. The molecule has 1 aromatic heterocycles. The first-order valence-electron chi connectivity index (χ1n) is 9.78. The van der Waals surface area contributed by atoms with Gasteiger partial charge in [-0.15, -0.1) is 0 Å². The molecule has 0 aliphatic carbocycles. The average molecular weight is 422 g/mol.